The van der Waals surface area contributed by atoms with E-state index in [1.54, 1.807) is 30.3 Å². The van der Waals surface area contributed by atoms with Gasteiger partial charge in [-0.25, -0.2) is 14.6 Å². The zero-order valence-electron chi connectivity index (χ0n) is 27.9. The SMILES string of the molecule is COCCOc1nn(C2CCC(N3C[C@@H](C)O[C@@H](C)C3)CC2)cc1Nc1ncc(-c2ccc(C#N)c(O[C@@H](C)Cn3cnnn3)c2)cn1. The lowest BCUT2D eigenvalue weighted by Gasteiger charge is -2.42. The minimum atomic E-state index is -0.271. The first-order valence-electron chi connectivity index (χ1n) is 16.5. The third-order valence-corrected chi connectivity index (χ3v) is 8.73. The van der Waals surface area contributed by atoms with E-state index < -0.39 is 0 Å². The minimum Gasteiger partial charge on any atom is -0.487 e. The Kier molecular flexibility index (Phi) is 10.7. The van der Waals surface area contributed by atoms with Crippen LogP contribution in [0.15, 0.2) is 43.1 Å². The number of rotatable bonds is 13. The largest absolute Gasteiger partial charge is 0.487 e. The summed E-state index contributed by atoms with van der Waals surface area (Å²) in [6.07, 6.45) is 11.6. The molecule has 15 heteroatoms. The predicted molar refractivity (Wildman–Crippen MR) is 176 cm³/mol. The number of nitriles is 1. The van der Waals surface area contributed by atoms with Gasteiger partial charge in [0.2, 0.25) is 5.95 Å². The highest BCUT2D eigenvalue weighted by atomic mass is 16.5. The van der Waals surface area contributed by atoms with Gasteiger partial charge in [-0.15, -0.1) is 10.2 Å². The van der Waals surface area contributed by atoms with E-state index in [1.165, 1.54) is 6.33 Å². The number of hydrogen-bond donors (Lipinski definition) is 1. The Morgan fingerprint density at radius 2 is 1.79 bits per heavy atom. The van der Waals surface area contributed by atoms with Crippen LogP contribution in [-0.2, 0) is 16.0 Å². The molecule has 2 aliphatic rings. The third kappa shape index (κ3) is 8.25. The Labute approximate surface area is 280 Å². The van der Waals surface area contributed by atoms with Crippen LogP contribution in [0.4, 0.5) is 11.6 Å². The van der Waals surface area contributed by atoms with Crippen molar-refractivity contribution in [1.29, 1.82) is 5.26 Å². The highest BCUT2D eigenvalue weighted by Gasteiger charge is 2.32. The lowest BCUT2D eigenvalue weighted by molar-refractivity contribution is -0.0852. The minimum absolute atomic E-state index is 0.271. The molecule has 48 heavy (non-hydrogen) atoms. The molecule has 4 heterocycles. The Balaban J connectivity index is 1.12. The highest BCUT2D eigenvalue weighted by Crippen LogP contribution is 2.35. The van der Waals surface area contributed by atoms with Crippen LogP contribution in [0.1, 0.15) is 58.1 Å². The fraction of sp³-hybridized carbons (Fsp3) is 0.545. The topological polar surface area (TPSA) is 163 Å². The molecule has 1 N–H and O–H groups in total. The zero-order chi connectivity index (χ0) is 33.5. The van der Waals surface area contributed by atoms with Crippen LogP contribution >= 0.6 is 0 Å². The van der Waals surface area contributed by atoms with Crippen molar-refractivity contribution < 1.29 is 18.9 Å². The number of aromatic nitrogens is 8. The van der Waals surface area contributed by atoms with Gasteiger partial charge in [-0.3, -0.25) is 9.58 Å². The molecule has 1 saturated carbocycles. The molecular formula is C33H43N11O4. The van der Waals surface area contributed by atoms with Crippen molar-refractivity contribution in [1.82, 2.24) is 44.9 Å². The van der Waals surface area contributed by atoms with Gasteiger partial charge >= 0.3 is 0 Å². The first-order chi connectivity index (χ1) is 23.4. The van der Waals surface area contributed by atoms with E-state index in [1.807, 2.05) is 29.9 Å². The average molecular weight is 658 g/mol. The molecule has 2 fully saturated rings. The summed E-state index contributed by atoms with van der Waals surface area (Å²) in [7, 11) is 1.64. The number of benzene rings is 1. The second-order valence-corrected chi connectivity index (χ2v) is 12.5. The van der Waals surface area contributed by atoms with Crippen LogP contribution in [0.2, 0.25) is 0 Å². The van der Waals surface area contributed by atoms with Crippen molar-refractivity contribution in [2.24, 2.45) is 0 Å². The molecule has 1 saturated heterocycles. The van der Waals surface area contributed by atoms with Gasteiger partial charge in [0.1, 0.15) is 36.5 Å². The lowest BCUT2D eigenvalue weighted by Crippen LogP contribution is -2.51. The molecule has 0 bridgehead atoms. The molecule has 4 aromatic rings. The first kappa shape index (κ1) is 33.3. The molecule has 6 rings (SSSR count). The van der Waals surface area contributed by atoms with Crippen LogP contribution in [0.25, 0.3) is 11.1 Å². The second-order valence-electron chi connectivity index (χ2n) is 12.5. The zero-order valence-corrected chi connectivity index (χ0v) is 27.9. The van der Waals surface area contributed by atoms with Gasteiger partial charge in [-0.05, 0) is 74.6 Å². The summed E-state index contributed by atoms with van der Waals surface area (Å²) in [4.78, 5) is 11.8. The van der Waals surface area contributed by atoms with Crippen LogP contribution in [-0.4, -0.2) is 103 Å². The van der Waals surface area contributed by atoms with Crippen molar-refractivity contribution >= 4 is 11.6 Å². The van der Waals surface area contributed by atoms with Gasteiger partial charge < -0.3 is 24.3 Å². The fourth-order valence-corrected chi connectivity index (χ4v) is 6.52. The summed E-state index contributed by atoms with van der Waals surface area (Å²) in [6.45, 7) is 9.47. The summed E-state index contributed by atoms with van der Waals surface area (Å²) >= 11 is 0. The van der Waals surface area contributed by atoms with E-state index in [2.05, 4.69) is 55.6 Å². The maximum Gasteiger partial charge on any atom is 0.257 e. The summed E-state index contributed by atoms with van der Waals surface area (Å²) in [5.41, 5.74) is 2.72. The van der Waals surface area contributed by atoms with E-state index >= 15 is 0 Å². The third-order valence-electron chi connectivity index (χ3n) is 8.73. The molecule has 15 nitrogen and oxygen atoms in total. The van der Waals surface area contributed by atoms with Gasteiger partial charge in [0, 0.05) is 44.2 Å². The van der Waals surface area contributed by atoms with Gasteiger partial charge in [0.15, 0.2) is 0 Å². The van der Waals surface area contributed by atoms with E-state index in [0.29, 0.717) is 54.6 Å². The number of tetrazole rings is 1. The van der Waals surface area contributed by atoms with Crippen LogP contribution in [0.3, 0.4) is 0 Å². The summed E-state index contributed by atoms with van der Waals surface area (Å²) in [5.74, 6) is 1.36. The first-order valence-corrected chi connectivity index (χ1v) is 16.5. The number of ether oxygens (including phenoxy) is 4. The van der Waals surface area contributed by atoms with Crippen LogP contribution in [0.5, 0.6) is 11.6 Å². The highest BCUT2D eigenvalue weighted by molar-refractivity contribution is 5.67. The molecule has 3 atom stereocenters. The molecule has 1 aliphatic carbocycles. The number of morpholine rings is 1. The van der Waals surface area contributed by atoms with Crippen LogP contribution in [0, 0.1) is 11.3 Å². The summed E-state index contributed by atoms with van der Waals surface area (Å²) in [6, 6.07) is 8.46. The van der Waals surface area contributed by atoms with E-state index in [-0.39, 0.29) is 24.4 Å². The summed E-state index contributed by atoms with van der Waals surface area (Å²) < 4.78 is 26.9. The van der Waals surface area contributed by atoms with Crippen LogP contribution < -0.4 is 14.8 Å². The Hall–Kier alpha value is -4.65. The molecule has 1 aromatic carbocycles. The average Bonchev–Trinajstić information content (AvgIpc) is 3.75. The van der Waals surface area contributed by atoms with E-state index in [9.17, 15) is 5.26 Å². The van der Waals surface area contributed by atoms with Crippen molar-refractivity contribution in [2.75, 3.05) is 38.7 Å². The molecule has 254 valence electrons. The monoisotopic (exact) mass is 657 g/mol. The fourth-order valence-electron chi connectivity index (χ4n) is 6.52. The predicted octanol–water partition coefficient (Wildman–Crippen LogP) is 4.03. The van der Waals surface area contributed by atoms with Crippen molar-refractivity contribution in [3.05, 3.63) is 48.7 Å². The van der Waals surface area contributed by atoms with Gasteiger partial charge in [0.25, 0.3) is 5.88 Å². The quantitative estimate of drug-likeness (QED) is 0.205. The Morgan fingerprint density at radius 1 is 1.04 bits per heavy atom. The molecule has 0 radical (unpaired) electrons. The number of anilines is 2. The van der Waals surface area contributed by atoms with Crippen molar-refractivity contribution in [3.63, 3.8) is 0 Å². The maximum absolute atomic E-state index is 9.65. The second kappa shape index (κ2) is 15.5. The standard InChI is InChI=1S/C33H43N11O4/c1-22-17-42(18-23(2)47-22)28-7-9-29(10-8-28)44-20-30(32(39-44)46-12-11-45-4)38-33-35-15-27(16-36-33)25-5-6-26(14-34)31(13-25)48-24(3)19-43-21-37-40-41-43/h5-6,13,15-16,20-24,28-29H,7-12,17-19H2,1-4H3,(H,35,36,38)/t22-,23+,24-,28?,29?/m0/s1. The van der Waals surface area contributed by atoms with E-state index in [4.69, 9.17) is 24.0 Å². The van der Waals surface area contributed by atoms with Gasteiger partial charge in [-0.1, -0.05) is 6.07 Å². The normalized spacial score (nSPS) is 22.1. The number of hydrogen-bond acceptors (Lipinski definition) is 13. The molecule has 3 aromatic heterocycles. The molecule has 1 aliphatic heterocycles. The Morgan fingerprint density at radius 3 is 2.48 bits per heavy atom. The molecule has 0 amide bonds. The van der Waals surface area contributed by atoms with Crippen molar-refractivity contribution in [3.8, 4) is 28.8 Å². The van der Waals surface area contributed by atoms with Gasteiger partial charge in [-0.2, -0.15) is 5.26 Å². The molecular weight excluding hydrogens is 614 g/mol. The molecule has 0 spiro atoms. The van der Waals surface area contributed by atoms with Crippen molar-refractivity contribution in [2.45, 2.75) is 83.4 Å². The summed E-state index contributed by atoms with van der Waals surface area (Å²) in [5, 5.41) is 29.0. The lowest BCUT2D eigenvalue weighted by atomic mass is 9.89. The maximum atomic E-state index is 9.65. The smallest absolute Gasteiger partial charge is 0.257 e. The van der Waals surface area contributed by atoms with E-state index in [0.717, 1.165) is 49.9 Å². The molecule has 0 unspecified atom stereocenters. The number of nitrogens with zero attached hydrogens (tertiary/aromatic N) is 10. The number of nitrogens with one attached hydrogen (secondary N) is 1. The van der Waals surface area contributed by atoms with Gasteiger partial charge in [0.05, 0.1) is 43.2 Å². The number of methoxy groups -OCH3 is 1. The Bertz CT molecular complexity index is 1640.